The van der Waals surface area contributed by atoms with Crippen LogP contribution in [0.25, 0.3) is 0 Å². The fourth-order valence-electron chi connectivity index (χ4n) is 1.56. The summed E-state index contributed by atoms with van der Waals surface area (Å²) in [6.07, 6.45) is 0. The Morgan fingerprint density at radius 3 is 1.79 bits per heavy atom. The highest BCUT2D eigenvalue weighted by Gasteiger charge is 2.34. The van der Waals surface area contributed by atoms with Gasteiger partial charge in [0.15, 0.2) is 0 Å². The van der Waals surface area contributed by atoms with Gasteiger partial charge in [0.25, 0.3) is 11.8 Å². The Bertz CT molecular complexity index is 523. The van der Waals surface area contributed by atoms with E-state index in [1.807, 2.05) is 6.07 Å². The number of imide groups is 1. The predicted octanol–water partition coefficient (Wildman–Crippen LogP) is 2.80. The van der Waals surface area contributed by atoms with E-state index in [2.05, 4.69) is 11.6 Å². The minimum absolute atomic E-state index is 0.219. The van der Waals surface area contributed by atoms with Gasteiger partial charge in [0.2, 0.25) is 0 Å². The number of para-hydroxylation sites is 1. The third-order valence-electron chi connectivity index (χ3n) is 2.62. The second-order valence-electron chi connectivity index (χ2n) is 3.78. The molecule has 19 heavy (non-hydrogen) atoms. The zero-order chi connectivity index (χ0) is 14.6. The lowest BCUT2D eigenvalue weighted by molar-refractivity contribution is -0.120. The van der Waals surface area contributed by atoms with Gasteiger partial charge in [0.1, 0.15) is 0 Å². The van der Waals surface area contributed by atoms with Crippen LogP contribution in [0.15, 0.2) is 41.5 Å². The normalized spacial score (nSPS) is 14.4. The van der Waals surface area contributed by atoms with Crippen LogP contribution < -0.4 is 4.90 Å². The molecule has 5 nitrogen and oxygen atoms in total. The molecule has 1 heterocycles. The molecule has 1 aromatic carbocycles. The maximum absolute atomic E-state index is 11.8. The number of halogens is 1. The summed E-state index contributed by atoms with van der Waals surface area (Å²) in [6, 6.07) is 8.96. The molecule has 0 atom stereocenters. The number of hydrogen-bond acceptors (Lipinski definition) is 3. The number of rotatable bonds is 1. The van der Waals surface area contributed by atoms with E-state index in [4.69, 9.17) is 9.90 Å². The van der Waals surface area contributed by atoms with Crippen LogP contribution in [-0.4, -0.2) is 22.3 Å². The molecule has 1 N–H and O–H groups in total. The van der Waals surface area contributed by atoms with Crippen molar-refractivity contribution in [2.75, 3.05) is 4.90 Å². The van der Waals surface area contributed by atoms with Crippen molar-refractivity contribution in [1.82, 2.24) is 0 Å². The first-order valence-electron chi connectivity index (χ1n) is 5.36. The first-order valence-corrected chi connectivity index (χ1v) is 5.73. The van der Waals surface area contributed by atoms with E-state index in [1.54, 1.807) is 38.1 Å². The van der Waals surface area contributed by atoms with Crippen LogP contribution in [0.5, 0.6) is 0 Å². The SMILES string of the molecule is CC1=C(C)C(=O)N(c2ccccc2)C1=O.O=C(O)Cl. The Hall–Kier alpha value is -2.14. The number of carboxylic acid groups (broad SMARTS) is 1. The van der Waals surface area contributed by atoms with Crippen molar-refractivity contribution in [3.05, 3.63) is 41.5 Å². The summed E-state index contributed by atoms with van der Waals surface area (Å²) in [5, 5.41) is 7.18. The second kappa shape index (κ2) is 6.15. The smallest absolute Gasteiger partial charge is 0.401 e. The summed E-state index contributed by atoms with van der Waals surface area (Å²) in [4.78, 5) is 33.5. The molecule has 0 fully saturated rings. The lowest BCUT2D eigenvalue weighted by Crippen LogP contribution is -2.31. The highest BCUT2D eigenvalue weighted by atomic mass is 35.5. The molecule has 0 saturated carbocycles. The Morgan fingerprint density at radius 2 is 1.42 bits per heavy atom. The van der Waals surface area contributed by atoms with E-state index in [9.17, 15) is 9.59 Å². The van der Waals surface area contributed by atoms with E-state index in [0.29, 0.717) is 16.8 Å². The second-order valence-corrected chi connectivity index (χ2v) is 4.11. The third-order valence-corrected chi connectivity index (χ3v) is 2.62. The first kappa shape index (κ1) is 14.9. The Labute approximate surface area is 115 Å². The molecule has 0 radical (unpaired) electrons. The van der Waals surface area contributed by atoms with Gasteiger partial charge in [-0.1, -0.05) is 18.2 Å². The topological polar surface area (TPSA) is 74.7 Å². The van der Waals surface area contributed by atoms with Gasteiger partial charge in [-0.3, -0.25) is 9.59 Å². The highest BCUT2D eigenvalue weighted by Crippen LogP contribution is 2.25. The molecule has 0 saturated heterocycles. The lowest BCUT2D eigenvalue weighted by atomic mass is 10.2. The fraction of sp³-hybridized carbons (Fsp3) is 0.154. The molecule has 2 amide bonds. The number of benzene rings is 1. The zero-order valence-corrected chi connectivity index (χ0v) is 11.1. The predicted molar refractivity (Wildman–Crippen MR) is 71.2 cm³/mol. The van der Waals surface area contributed by atoms with Crippen LogP contribution in [0.4, 0.5) is 10.5 Å². The summed E-state index contributed by atoms with van der Waals surface area (Å²) >= 11 is 4.19. The molecule has 0 aromatic heterocycles. The molecule has 1 aliphatic heterocycles. The van der Waals surface area contributed by atoms with Gasteiger partial charge in [0.05, 0.1) is 5.69 Å². The van der Waals surface area contributed by atoms with Crippen LogP contribution in [0, 0.1) is 0 Å². The highest BCUT2D eigenvalue weighted by molar-refractivity contribution is 6.60. The molecule has 0 unspecified atom stereocenters. The minimum atomic E-state index is -1.36. The number of amides is 2. The van der Waals surface area contributed by atoms with Gasteiger partial charge in [-0.2, -0.15) is 0 Å². The van der Waals surface area contributed by atoms with Crippen molar-refractivity contribution in [2.45, 2.75) is 13.8 Å². The third kappa shape index (κ3) is 3.42. The summed E-state index contributed by atoms with van der Waals surface area (Å²) in [5.74, 6) is -0.438. The zero-order valence-electron chi connectivity index (χ0n) is 10.4. The Morgan fingerprint density at radius 1 is 1.05 bits per heavy atom. The summed E-state index contributed by atoms with van der Waals surface area (Å²) in [6.45, 7) is 3.36. The maximum atomic E-state index is 11.8. The molecular formula is C13H12ClNO4. The molecular weight excluding hydrogens is 270 g/mol. The maximum Gasteiger partial charge on any atom is 0.401 e. The van der Waals surface area contributed by atoms with Crippen molar-refractivity contribution in [3.8, 4) is 0 Å². The van der Waals surface area contributed by atoms with E-state index in [-0.39, 0.29) is 11.8 Å². The first-order chi connectivity index (χ1) is 8.86. The molecule has 2 rings (SSSR count). The standard InChI is InChI=1S/C12H11NO2.CHClO2/c1-8-9(2)12(15)13(11(8)14)10-6-4-3-5-7-10;2-1(3)4/h3-7H,1-2H3;(H,3,4). The molecule has 1 aliphatic rings. The summed E-state index contributed by atoms with van der Waals surface area (Å²) in [5.41, 5.74) is 0.330. The number of carbonyl (C=O) groups excluding carboxylic acids is 2. The van der Waals surface area contributed by atoms with E-state index in [1.165, 1.54) is 4.90 Å². The van der Waals surface area contributed by atoms with Crippen molar-refractivity contribution >= 4 is 34.5 Å². The van der Waals surface area contributed by atoms with Crippen molar-refractivity contribution in [2.24, 2.45) is 0 Å². The molecule has 100 valence electrons. The van der Waals surface area contributed by atoms with Crippen LogP contribution in [-0.2, 0) is 9.59 Å². The Kier molecular flexibility index (Phi) is 4.83. The van der Waals surface area contributed by atoms with E-state index >= 15 is 0 Å². The van der Waals surface area contributed by atoms with Crippen molar-refractivity contribution in [3.63, 3.8) is 0 Å². The van der Waals surface area contributed by atoms with Gasteiger partial charge in [-0.15, -0.1) is 0 Å². The van der Waals surface area contributed by atoms with Gasteiger partial charge in [-0.05, 0) is 26.0 Å². The van der Waals surface area contributed by atoms with Gasteiger partial charge in [-0.25, -0.2) is 9.69 Å². The van der Waals surface area contributed by atoms with Gasteiger partial charge in [0, 0.05) is 22.7 Å². The lowest BCUT2D eigenvalue weighted by Gasteiger charge is -2.14. The molecule has 0 bridgehead atoms. The van der Waals surface area contributed by atoms with Crippen LogP contribution in [0.1, 0.15) is 13.8 Å². The van der Waals surface area contributed by atoms with Crippen molar-refractivity contribution < 1.29 is 19.5 Å². The summed E-state index contributed by atoms with van der Waals surface area (Å²) < 4.78 is 0. The summed E-state index contributed by atoms with van der Waals surface area (Å²) in [7, 11) is 0. The average Bonchev–Trinajstić information content (AvgIpc) is 2.54. The molecule has 6 heteroatoms. The van der Waals surface area contributed by atoms with Crippen LogP contribution in [0.2, 0.25) is 0 Å². The van der Waals surface area contributed by atoms with Gasteiger partial charge >= 0.3 is 5.43 Å². The number of hydrogen-bond donors (Lipinski definition) is 1. The van der Waals surface area contributed by atoms with E-state index in [0.717, 1.165) is 0 Å². The number of carbonyl (C=O) groups is 3. The average molecular weight is 282 g/mol. The molecule has 1 aromatic rings. The quantitative estimate of drug-likeness (QED) is 0.634. The monoisotopic (exact) mass is 281 g/mol. The minimum Gasteiger partial charge on any atom is -0.469 e. The molecule has 0 spiro atoms. The molecule has 0 aliphatic carbocycles. The van der Waals surface area contributed by atoms with Crippen LogP contribution >= 0.6 is 11.6 Å². The largest absolute Gasteiger partial charge is 0.469 e. The number of anilines is 1. The van der Waals surface area contributed by atoms with E-state index < -0.39 is 5.43 Å². The number of nitrogens with zero attached hydrogens (tertiary/aromatic N) is 1. The Balaban J connectivity index is 0.000000399. The van der Waals surface area contributed by atoms with Crippen LogP contribution in [0.3, 0.4) is 0 Å². The fourth-order valence-corrected chi connectivity index (χ4v) is 1.56. The van der Waals surface area contributed by atoms with Gasteiger partial charge < -0.3 is 5.11 Å². The van der Waals surface area contributed by atoms with Crippen molar-refractivity contribution in [1.29, 1.82) is 0 Å².